The lowest BCUT2D eigenvalue weighted by molar-refractivity contribution is 0.102. The molecule has 152 valence electrons. The Morgan fingerprint density at radius 1 is 1.28 bits per heavy atom. The molecule has 0 unspecified atom stereocenters. The summed E-state index contributed by atoms with van der Waals surface area (Å²) in [5, 5.41) is 1.31. The lowest BCUT2D eigenvalue weighted by atomic mass is 10.1. The quantitative estimate of drug-likeness (QED) is 0.310. The van der Waals surface area contributed by atoms with Crippen LogP contribution in [0.4, 0.5) is 0 Å². The molecule has 4 rings (SSSR count). The van der Waals surface area contributed by atoms with Gasteiger partial charge in [-0.15, -0.1) is 11.3 Å². The number of rotatable bonds is 7. The van der Waals surface area contributed by atoms with Gasteiger partial charge in [0.1, 0.15) is 4.83 Å². The molecule has 0 atom stereocenters. The van der Waals surface area contributed by atoms with E-state index in [0.717, 1.165) is 28.1 Å². The van der Waals surface area contributed by atoms with E-state index < -0.39 is 0 Å². The van der Waals surface area contributed by atoms with Crippen molar-refractivity contribution < 1.29 is 14.3 Å². The van der Waals surface area contributed by atoms with Crippen molar-refractivity contribution in [2.45, 2.75) is 45.3 Å². The maximum absolute atomic E-state index is 13.1. The third kappa shape index (κ3) is 3.79. The first kappa shape index (κ1) is 20.0. The van der Waals surface area contributed by atoms with Gasteiger partial charge in [0.15, 0.2) is 22.4 Å². The normalized spacial score (nSPS) is 12.7. The number of carbonyl (C=O) groups excluding carboxylic acids is 1. The first-order valence-electron chi connectivity index (χ1n) is 9.55. The third-order valence-electron chi connectivity index (χ3n) is 5.02. The molecule has 3 aromatic rings. The number of carbonyl (C=O) groups is 1. The second-order valence-electron chi connectivity index (χ2n) is 6.95. The van der Waals surface area contributed by atoms with Gasteiger partial charge in [-0.2, -0.15) is 0 Å². The van der Waals surface area contributed by atoms with Gasteiger partial charge >= 0.3 is 0 Å². The van der Waals surface area contributed by atoms with E-state index in [1.165, 1.54) is 23.1 Å². The Balaban J connectivity index is 1.62. The molecular weight excluding hydrogens is 408 g/mol. The molecule has 2 aromatic heterocycles. The smallest absolute Gasteiger partial charge is 0.263 e. The third-order valence-corrected chi connectivity index (χ3v) is 7.09. The molecule has 6 nitrogen and oxygen atoms in total. The highest BCUT2D eigenvalue weighted by Crippen LogP contribution is 2.33. The summed E-state index contributed by atoms with van der Waals surface area (Å²) in [6, 6.07) is 5.19. The first-order valence-corrected chi connectivity index (χ1v) is 11.4. The van der Waals surface area contributed by atoms with Crippen LogP contribution in [0.3, 0.4) is 0 Å². The molecule has 29 heavy (non-hydrogen) atoms. The van der Waals surface area contributed by atoms with Crippen molar-refractivity contribution in [2.24, 2.45) is 0 Å². The minimum absolute atomic E-state index is 0.0108. The van der Waals surface area contributed by atoms with Gasteiger partial charge in [0, 0.05) is 17.0 Å². The van der Waals surface area contributed by atoms with Crippen LogP contribution in [0.15, 0.2) is 28.2 Å². The Morgan fingerprint density at radius 2 is 2.07 bits per heavy atom. The number of Topliss-reactive ketones (excluding diaryl/α,β-unsaturated/α-hetero) is 1. The van der Waals surface area contributed by atoms with Crippen LogP contribution in [0.1, 0.15) is 40.6 Å². The van der Waals surface area contributed by atoms with Gasteiger partial charge in [-0.25, -0.2) is 4.98 Å². The molecule has 1 aliphatic rings. The number of fused-ring (bicyclic) bond motifs is 2. The number of unbranched alkanes of at least 4 members (excludes halogenated alkanes) is 1. The minimum atomic E-state index is -0.0387. The molecule has 0 radical (unpaired) electrons. The topological polar surface area (TPSA) is 70.4 Å². The predicted octanol–water partition coefficient (Wildman–Crippen LogP) is 4.58. The summed E-state index contributed by atoms with van der Waals surface area (Å²) in [5.74, 6) is 1.40. The van der Waals surface area contributed by atoms with Crippen LogP contribution < -0.4 is 15.0 Å². The van der Waals surface area contributed by atoms with Crippen LogP contribution in [0.2, 0.25) is 0 Å². The number of thioether (sulfide) groups is 1. The number of ketones is 1. The van der Waals surface area contributed by atoms with E-state index >= 15 is 0 Å². The summed E-state index contributed by atoms with van der Waals surface area (Å²) in [5.41, 5.74) is 1.55. The average Bonchev–Trinajstić information content (AvgIpc) is 3.29. The van der Waals surface area contributed by atoms with Crippen LogP contribution in [0.25, 0.3) is 10.2 Å². The van der Waals surface area contributed by atoms with Crippen LogP contribution in [0, 0.1) is 13.8 Å². The first-order chi connectivity index (χ1) is 14.0. The molecule has 1 aliphatic heterocycles. The van der Waals surface area contributed by atoms with E-state index in [9.17, 15) is 9.59 Å². The van der Waals surface area contributed by atoms with Crippen LogP contribution in [-0.4, -0.2) is 27.9 Å². The fourth-order valence-electron chi connectivity index (χ4n) is 3.22. The summed E-state index contributed by atoms with van der Waals surface area (Å²) in [7, 11) is 0. The molecule has 0 saturated heterocycles. The average molecular weight is 431 g/mol. The van der Waals surface area contributed by atoms with E-state index in [-0.39, 0.29) is 23.9 Å². The standard InChI is InChI=1S/C21H22N2O4S2/c1-4-5-8-23-20(25)18-12(2)13(3)29-19(18)22-21(23)28-10-15(24)14-6-7-16-17(9-14)27-11-26-16/h6-7,9H,4-5,8,10-11H2,1-3H3. The summed E-state index contributed by atoms with van der Waals surface area (Å²) < 4.78 is 12.4. The Hall–Kier alpha value is -2.32. The molecule has 0 bridgehead atoms. The summed E-state index contributed by atoms with van der Waals surface area (Å²) >= 11 is 2.85. The van der Waals surface area contributed by atoms with Crippen LogP contribution in [0.5, 0.6) is 11.5 Å². The molecular formula is C21H22N2O4S2. The molecule has 0 N–H and O–H groups in total. The van der Waals surface area contributed by atoms with Crippen LogP contribution >= 0.6 is 23.1 Å². The largest absolute Gasteiger partial charge is 0.454 e. The predicted molar refractivity (Wildman–Crippen MR) is 116 cm³/mol. The van der Waals surface area contributed by atoms with E-state index in [1.54, 1.807) is 22.8 Å². The molecule has 0 aliphatic carbocycles. The second-order valence-corrected chi connectivity index (χ2v) is 9.09. The Kier molecular flexibility index (Phi) is 5.65. The van der Waals surface area contributed by atoms with Gasteiger partial charge in [-0.05, 0) is 44.0 Å². The number of nitrogens with zero attached hydrogens (tertiary/aromatic N) is 2. The van der Waals surface area contributed by atoms with Gasteiger partial charge in [0.25, 0.3) is 5.56 Å². The zero-order valence-electron chi connectivity index (χ0n) is 16.6. The summed E-state index contributed by atoms with van der Waals surface area (Å²) in [6.45, 7) is 6.85. The lowest BCUT2D eigenvalue weighted by Gasteiger charge is -2.11. The minimum Gasteiger partial charge on any atom is -0.454 e. The molecule has 0 saturated carbocycles. The van der Waals surface area contributed by atoms with Gasteiger partial charge in [0.2, 0.25) is 6.79 Å². The van der Waals surface area contributed by atoms with Crippen molar-refractivity contribution in [3.63, 3.8) is 0 Å². The Bertz CT molecular complexity index is 1150. The van der Waals surface area contributed by atoms with Crippen molar-refractivity contribution in [2.75, 3.05) is 12.5 Å². The SMILES string of the molecule is CCCCn1c(SCC(=O)c2ccc3c(c2)OCO3)nc2sc(C)c(C)c2c1=O. The molecule has 8 heteroatoms. The highest BCUT2D eigenvalue weighted by molar-refractivity contribution is 7.99. The number of hydrogen-bond acceptors (Lipinski definition) is 7. The highest BCUT2D eigenvalue weighted by Gasteiger charge is 2.19. The highest BCUT2D eigenvalue weighted by atomic mass is 32.2. The number of ether oxygens (including phenoxy) is 2. The van der Waals surface area contributed by atoms with Crippen molar-refractivity contribution >= 4 is 39.1 Å². The number of aromatic nitrogens is 2. The van der Waals surface area contributed by atoms with Crippen molar-refractivity contribution in [3.8, 4) is 11.5 Å². The Labute approximate surface area is 176 Å². The fourth-order valence-corrected chi connectivity index (χ4v) is 5.21. The summed E-state index contributed by atoms with van der Waals surface area (Å²) in [6.07, 6.45) is 1.87. The summed E-state index contributed by atoms with van der Waals surface area (Å²) in [4.78, 5) is 32.4. The fraction of sp³-hybridized carbons (Fsp3) is 0.381. The number of hydrogen-bond donors (Lipinski definition) is 0. The monoisotopic (exact) mass is 430 g/mol. The molecule has 0 spiro atoms. The number of aryl methyl sites for hydroxylation is 2. The van der Waals surface area contributed by atoms with Gasteiger partial charge < -0.3 is 9.47 Å². The number of benzene rings is 1. The van der Waals surface area contributed by atoms with Gasteiger partial charge in [-0.3, -0.25) is 14.2 Å². The van der Waals surface area contributed by atoms with Gasteiger partial charge in [-0.1, -0.05) is 25.1 Å². The van der Waals surface area contributed by atoms with E-state index in [2.05, 4.69) is 6.92 Å². The zero-order chi connectivity index (χ0) is 20.5. The molecule has 3 heterocycles. The lowest BCUT2D eigenvalue weighted by Crippen LogP contribution is -2.23. The molecule has 0 amide bonds. The van der Waals surface area contributed by atoms with Crippen molar-refractivity contribution in [3.05, 3.63) is 44.6 Å². The maximum Gasteiger partial charge on any atom is 0.263 e. The van der Waals surface area contributed by atoms with Crippen molar-refractivity contribution in [1.29, 1.82) is 0 Å². The molecule has 0 fully saturated rings. The number of thiophene rings is 1. The van der Waals surface area contributed by atoms with E-state index in [0.29, 0.717) is 34.1 Å². The van der Waals surface area contributed by atoms with Crippen molar-refractivity contribution in [1.82, 2.24) is 9.55 Å². The Morgan fingerprint density at radius 3 is 2.86 bits per heavy atom. The van der Waals surface area contributed by atoms with Gasteiger partial charge in [0.05, 0.1) is 11.1 Å². The second kappa shape index (κ2) is 8.20. The zero-order valence-corrected chi connectivity index (χ0v) is 18.2. The maximum atomic E-state index is 13.1. The van der Waals surface area contributed by atoms with Crippen LogP contribution in [-0.2, 0) is 6.54 Å². The van der Waals surface area contributed by atoms with E-state index in [4.69, 9.17) is 14.5 Å². The van der Waals surface area contributed by atoms with E-state index in [1.807, 2.05) is 13.8 Å². The molecule has 1 aromatic carbocycles.